The van der Waals surface area contributed by atoms with Gasteiger partial charge in [0.25, 0.3) is 0 Å². The Morgan fingerprint density at radius 2 is 1.95 bits per heavy atom. The van der Waals surface area contributed by atoms with Gasteiger partial charge in [0.05, 0.1) is 19.3 Å². The summed E-state index contributed by atoms with van der Waals surface area (Å²) in [7, 11) is 0. The molecular formula is C18H20FNO. The maximum Gasteiger partial charge on any atom is 0.123 e. The van der Waals surface area contributed by atoms with Gasteiger partial charge in [-0.25, -0.2) is 4.39 Å². The Labute approximate surface area is 125 Å². The minimum atomic E-state index is -0.192. The van der Waals surface area contributed by atoms with Crippen molar-refractivity contribution in [3.05, 3.63) is 70.0 Å². The van der Waals surface area contributed by atoms with Crippen molar-refractivity contribution in [2.45, 2.75) is 33.1 Å². The molecule has 0 bridgehead atoms. The number of ether oxygens (including phenoxy) is 1. The summed E-state index contributed by atoms with van der Waals surface area (Å²) in [4.78, 5) is 0. The molecule has 110 valence electrons. The summed E-state index contributed by atoms with van der Waals surface area (Å²) >= 11 is 0. The summed E-state index contributed by atoms with van der Waals surface area (Å²) in [6, 6.07) is 11.4. The predicted molar refractivity (Wildman–Crippen MR) is 81.6 cm³/mol. The summed E-state index contributed by atoms with van der Waals surface area (Å²) < 4.78 is 19.1. The Kier molecular flexibility index (Phi) is 4.04. The van der Waals surface area contributed by atoms with Crippen LogP contribution in [0.1, 0.15) is 40.8 Å². The van der Waals surface area contributed by atoms with Gasteiger partial charge in [0.15, 0.2) is 0 Å². The van der Waals surface area contributed by atoms with Crippen LogP contribution in [-0.4, -0.2) is 6.54 Å². The molecule has 1 aliphatic rings. The number of rotatable bonds is 4. The lowest BCUT2D eigenvalue weighted by Crippen LogP contribution is -2.23. The lowest BCUT2D eigenvalue weighted by molar-refractivity contribution is 0.134. The molecule has 0 amide bonds. The molecule has 1 aliphatic heterocycles. The van der Waals surface area contributed by atoms with Gasteiger partial charge in [0.2, 0.25) is 0 Å². The summed E-state index contributed by atoms with van der Waals surface area (Å²) in [5, 5.41) is 3.47. The van der Waals surface area contributed by atoms with Crippen LogP contribution in [0, 0.1) is 12.7 Å². The summed E-state index contributed by atoms with van der Waals surface area (Å²) in [5.41, 5.74) is 5.75. The fourth-order valence-electron chi connectivity index (χ4n) is 2.91. The molecule has 3 rings (SSSR count). The van der Waals surface area contributed by atoms with Crippen molar-refractivity contribution < 1.29 is 9.13 Å². The van der Waals surface area contributed by atoms with Gasteiger partial charge in [-0.1, -0.05) is 31.2 Å². The zero-order valence-corrected chi connectivity index (χ0v) is 12.4. The number of hydrogen-bond acceptors (Lipinski definition) is 2. The van der Waals surface area contributed by atoms with Crippen molar-refractivity contribution >= 4 is 0 Å². The summed E-state index contributed by atoms with van der Waals surface area (Å²) in [6.07, 6.45) is 0. The maximum atomic E-state index is 13.6. The topological polar surface area (TPSA) is 21.3 Å². The number of halogens is 1. The number of nitrogens with one attached hydrogen (secondary N) is 1. The highest BCUT2D eigenvalue weighted by Gasteiger charge is 2.19. The molecule has 0 saturated heterocycles. The van der Waals surface area contributed by atoms with E-state index >= 15 is 0 Å². The van der Waals surface area contributed by atoms with Crippen LogP contribution in [0.4, 0.5) is 4.39 Å². The molecule has 1 unspecified atom stereocenters. The molecule has 0 spiro atoms. The van der Waals surface area contributed by atoms with Gasteiger partial charge >= 0.3 is 0 Å². The largest absolute Gasteiger partial charge is 0.372 e. The van der Waals surface area contributed by atoms with Crippen LogP contribution in [-0.2, 0) is 18.0 Å². The van der Waals surface area contributed by atoms with Crippen LogP contribution < -0.4 is 5.32 Å². The molecule has 1 atom stereocenters. The molecule has 0 radical (unpaired) electrons. The average molecular weight is 285 g/mol. The van der Waals surface area contributed by atoms with Crippen molar-refractivity contribution in [1.82, 2.24) is 5.32 Å². The van der Waals surface area contributed by atoms with Gasteiger partial charge < -0.3 is 10.1 Å². The average Bonchev–Trinajstić information content (AvgIpc) is 2.95. The number of fused-ring (bicyclic) bond motifs is 1. The first-order valence-corrected chi connectivity index (χ1v) is 7.38. The first kappa shape index (κ1) is 14.2. The van der Waals surface area contributed by atoms with Gasteiger partial charge in [-0.15, -0.1) is 0 Å². The van der Waals surface area contributed by atoms with E-state index in [-0.39, 0.29) is 11.9 Å². The van der Waals surface area contributed by atoms with E-state index in [1.54, 1.807) is 6.07 Å². The van der Waals surface area contributed by atoms with Gasteiger partial charge in [0, 0.05) is 0 Å². The van der Waals surface area contributed by atoms with E-state index in [1.165, 1.54) is 17.2 Å². The van der Waals surface area contributed by atoms with Gasteiger partial charge in [0.1, 0.15) is 5.82 Å². The molecule has 0 saturated carbocycles. The quantitative estimate of drug-likeness (QED) is 0.921. The molecule has 2 aromatic carbocycles. The molecule has 21 heavy (non-hydrogen) atoms. The second kappa shape index (κ2) is 5.96. The van der Waals surface area contributed by atoms with Crippen molar-refractivity contribution in [3.8, 4) is 0 Å². The van der Waals surface area contributed by atoms with Gasteiger partial charge in [-0.05, 0) is 53.4 Å². The first-order chi connectivity index (χ1) is 10.2. The maximum absolute atomic E-state index is 13.6. The zero-order valence-electron chi connectivity index (χ0n) is 12.4. The van der Waals surface area contributed by atoms with Gasteiger partial charge in [-0.3, -0.25) is 0 Å². The van der Waals surface area contributed by atoms with Crippen molar-refractivity contribution in [3.63, 3.8) is 0 Å². The Hall–Kier alpha value is -1.71. The third-order valence-electron chi connectivity index (χ3n) is 4.04. The van der Waals surface area contributed by atoms with E-state index in [2.05, 4.69) is 30.4 Å². The van der Waals surface area contributed by atoms with Crippen LogP contribution >= 0.6 is 0 Å². The normalized spacial score (nSPS) is 15.0. The van der Waals surface area contributed by atoms with E-state index < -0.39 is 0 Å². The highest BCUT2D eigenvalue weighted by Crippen LogP contribution is 2.29. The van der Waals surface area contributed by atoms with E-state index in [0.717, 1.165) is 23.2 Å². The van der Waals surface area contributed by atoms with Crippen LogP contribution in [0.15, 0.2) is 36.4 Å². The van der Waals surface area contributed by atoms with Crippen molar-refractivity contribution in [2.75, 3.05) is 6.54 Å². The predicted octanol–water partition coefficient (Wildman–Crippen LogP) is 3.86. The lowest BCUT2D eigenvalue weighted by atomic mass is 9.93. The summed E-state index contributed by atoms with van der Waals surface area (Å²) in [6.45, 7) is 6.28. The molecular weight excluding hydrogens is 265 g/mol. The van der Waals surface area contributed by atoms with E-state index in [4.69, 9.17) is 4.74 Å². The van der Waals surface area contributed by atoms with Crippen molar-refractivity contribution in [2.24, 2.45) is 0 Å². The number of aryl methyl sites for hydroxylation is 1. The Bertz CT molecular complexity index is 654. The zero-order chi connectivity index (χ0) is 14.8. The molecule has 0 aromatic heterocycles. The molecule has 0 fully saturated rings. The second-order valence-corrected chi connectivity index (χ2v) is 5.51. The lowest BCUT2D eigenvalue weighted by Gasteiger charge is -2.21. The molecule has 2 nitrogen and oxygen atoms in total. The molecule has 2 aromatic rings. The van der Waals surface area contributed by atoms with E-state index in [0.29, 0.717) is 13.2 Å². The molecule has 1 heterocycles. The third kappa shape index (κ3) is 2.85. The Morgan fingerprint density at radius 3 is 2.76 bits per heavy atom. The fourth-order valence-corrected chi connectivity index (χ4v) is 2.91. The molecule has 3 heteroatoms. The Balaban J connectivity index is 2.03. The van der Waals surface area contributed by atoms with E-state index in [1.807, 2.05) is 13.0 Å². The third-order valence-corrected chi connectivity index (χ3v) is 4.04. The minimum Gasteiger partial charge on any atom is -0.372 e. The fraction of sp³-hybridized carbons (Fsp3) is 0.333. The van der Waals surface area contributed by atoms with Gasteiger partial charge in [-0.2, -0.15) is 0 Å². The Morgan fingerprint density at radius 1 is 1.14 bits per heavy atom. The second-order valence-electron chi connectivity index (χ2n) is 5.51. The van der Waals surface area contributed by atoms with Crippen LogP contribution in [0.3, 0.4) is 0 Å². The minimum absolute atomic E-state index is 0.0107. The highest BCUT2D eigenvalue weighted by atomic mass is 19.1. The SMILES string of the molecule is CCNC(c1ccc2c(c1)COC2)c1cc(F)ccc1C. The number of hydrogen-bond donors (Lipinski definition) is 1. The van der Waals surface area contributed by atoms with Crippen LogP contribution in [0.2, 0.25) is 0 Å². The highest BCUT2D eigenvalue weighted by molar-refractivity contribution is 5.41. The standard InChI is InChI=1S/C18H20FNO/c1-3-20-18(17-9-16(19)7-4-12(17)2)13-5-6-14-10-21-11-15(14)8-13/h4-9,18,20H,3,10-11H2,1-2H3. The van der Waals surface area contributed by atoms with E-state index in [9.17, 15) is 4.39 Å². The smallest absolute Gasteiger partial charge is 0.123 e. The molecule has 1 N–H and O–H groups in total. The molecule has 0 aliphatic carbocycles. The van der Waals surface area contributed by atoms with Crippen LogP contribution in [0.5, 0.6) is 0 Å². The monoisotopic (exact) mass is 285 g/mol. The van der Waals surface area contributed by atoms with Crippen molar-refractivity contribution in [1.29, 1.82) is 0 Å². The summed E-state index contributed by atoms with van der Waals surface area (Å²) in [5.74, 6) is -0.192. The number of benzene rings is 2. The van der Waals surface area contributed by atoms with Crippen LogP contribution in [0.25, 0.3) is 0 Å². The first-order valence-electron chi connectivity index (χ1n) is 7.38.